The monoisotopic (exact) mass is 198 g/mol. The molecule has 1 heterocycles. The first-order chi connectivity index (χ1) is 6.42. The van der Waals surface area contributed by atoms with Gasteiger partial charge in [0, 0.05) is 25.6 Å². The van der Waals surface area contributed by atoms with Gasteiger partial charge in [0.15, 0.2) is 0 Å². The lowest BCUT2D eigenvalue weighted by Crippen LogP contribution is -2.35. The molecule has 14 heavy (non-hydrogen) atoms. The van der Waals surface area contributed by atoms with Crippen LogP contribution in [-0.4, -0.2) is 37.0 Å². The van der Waals surface area contributed by atoms with Crippen LogP contribution in [0.4, 0.5) is 0 Å². The van der Waals surface area contributed by atoms with E-state index in [-0.39, 0.29) is 5.41 Å². The lowest BCUT2D eigenvalue weighted by atomic mass is 9.92. The molecule has 0 spiro atoms. The summed E-state index contributed by atoms with van der Waals surface area (Å²) in [6.07, 6.45) is 1.75. The minimum Gasteiger partial charge on any atom is -0.341 e. The van der Waals surface area contributed by atoms with Crippen LogP contribution < -0.4 is 5.32 Å². The Morgan fingerprint density at radius 1 is 1.50 bits per heavy atom. The summed E-state index contributed by atoms with van der Waals surface area (Å²) in [4.78, 5) is 13.8. The van der Waals surface area contributed by atoms with Crippen LogP contribution in [0, 0.1) is 5.41 Å². The summed E-state index contributed by atoms with van der Waals surface area (Å²) in [5, 5.41) is 3.22. The van der Waals surface area contributed by atoms with E-state index in [9.17, 15) is 4.79 Å². The van der Waals surface area contributed by atoms with Crippen molar-refractivity contribution in [3.63, 3.8) is 0 Å². The van der Waals surface area contributed by atoms with Gasteiger partial charge in [-0.1, -0.05) is 20.8 Å². The van der Waals surface area contributed by atoms with Crippen molar-refractivity contribution >= 4 is 5.91 Å². The van der Waals surface area contributed by atoms with E-state index in [0.717, 1.165) is 19.5 Å². The van der Waals surface area contributed by atoms with E-state index < -0.39 is 0 Å². The number of hydrogen-bond donors (Lipinski definition) is 1. The van der Waals surface area contributed by atoms with Crippen LogP contribution in [0.3, 0.4) is 0 Å². The molecule has 0 unspecified atom stereocenters. The molecule has 0 aliphatic carbocycles. The predicted octanol–water partition coefficient (Wildman–Crippen LogP) is 1.24. The van der Waals surface area contributed by atoms with E-state index in [2.05, 4.69) is 26.1 Å². The summed E-state index contributed by atoms with van der Waals surface area (Å²) in [6.45, 7) is 8.12. The van der Waals surface area contributed by atoms with Gasteiger partial charge in [-0.15, -0.1) is 0 Å². The Morgan fingerprint density at radius 3 is 2.57 bits per heavy atom. The molecule has 1 N–H and O–H groups in total. The van der Waals surface area contributed by atoms with Crippen molar-refractivity contribution < 1.29 is 4.79 Å². The van der Waals surface area contributed by atoms with Crippen molar-refractivity contribution in [3.8, 4) is 0 Å². The molecule has 0 aromatic carbocycles. The van der Waals surface area contributed by atoms with E-state index in [1.807, 2.05) is 11.9 Å². The van der Waals surface area contributed by atoms with Gasteiger partial charge in [0.25, 0.3) is 0 Å². The molecule has 1 aliphatic rings. The number of hydrogen-bond acceptors (Lipinski definition) is 2. The van der Waals surface area contributed by atoms with Gasteiger partial charge in [0.2, 0.25) is 5.91 Å². The van der Waals surface area contributed by atoms with Crippen molar-refractivity contribution in [2.45, 2.75) is 39.7 Å². The highest BCUT2D eigenvalue weighted by Gasteiger charge is 2.27. The number of carbonyl (C=O) groups is 1. The quantitative estimate of drug-likeness (QED) is 0.724. The summed E-state index contributed by atoms with van der Waals surface area (Å²) < 4.78 is 0. The summed E-state index contributed by atoms with van der Waals surface area (Å²) in [5.41, 5.74) is 0.106. The molecule has 0 radical (unpaired) electrons. The van der Waals surface area contributed by atoms with Crippen molar-refractivity contribution in [1.82, 2.24) is 10.2 Å². The maximum Gasteiger partial charge on any atom is 0.223 e. The smallest absolute Gasteiger partial charge is 0.223 e. The van der Waals surface area contributed by atoms with Crippen LogP contribution in [0.2, 0.25) is 0 Å². The van der Waals surface area contributed by atoms with Crippen LogP contribution in [0.15, 0.2) is 0 Å². The molecule has 1 saturated heterocycles. The number of carbonyl (C=O) groups excluding carboxylic acids is 1. The van der Waals surface area contributed by atoms with Gasteiger partial charge in [-0.2, -0.15) is 0 Å². The van der Waals surface area contributed by atoms with E-state index in [0.29, 0.717) is 18.4 Å². The third kappa shape index (κ3) is 3.29. The first kappa shape index (κ1) is 11.5. The zero-order chi connectivity index (χ0) is 10.8. The van der Waals surface area contributed by atoms with E-state index >= 15 is 0 Å². The number of amides is 1. The van der Waals surface area contributed by atoms with E-state index in [1.54, 1.807) is 0 Å². The summed E-state index contributed by atoms with van der Waals surface area (Å²) in [6, 6.07) is 0.499. The molecular weight excluding hydrogens is 176 g/mol. The van der Waals surface area contributed by atoms with E-state index in [1.165, 1.54) is 0 Å². The first-order valence-electron chi connectivity index (χ1n) is 5.37. The van der Waals surface area contributed by atoms with Crippen molar-refractivity contribution in [2.24, 2.45) is 5.41 Å². The molecule has 1 rings (SSSR count). The highest BCUT2D eigenvalue weighted by atomic mass is 16.2. The molecule has 1 fully saturated rings. The number of likely N-dealkylation sites (tertiary alicyclic amines) is 1. The Balaban J connectivity index is 2.40. The number of rotatable bonds is 2. The summed E-state index contributed by atoms with van der Waals surface area (Å²) in [7, 11) is 1.96. The van der Waals surface area contributed by atoms with Crippen LogP contribution in [-0.2, 0) is 4.79 Å². The zero-order valence-electron chi connectivity index (χ0n) is 9.76. The summed E-state index contributed by atoms with van der Waals surface area (Å²) >= 11 is 0. The number of likely N-dealkylation sites (N-methyl/N-ethyl adjacent to an activating group) is 1. The maximum absolute atomic E-state index is 11.8. The minimum absolute atomic E-state index is 0.106. The number of nitrogens with one attached hydrogen (secondary N) is 1. The molecular formula is C11H22N2O. The molecule has 1 atom stereocenters. The topological polar surface area (TPSA) is 32.3 Å². The molecule has 0 bridgehead atoms. The fourth-order valence-corrected chi connectivity index (χ4v) is 1.79. The van der Waals surface area contributed by atoms with Crippen molar-refractivity contribution in [3.05, 3.63) is 0 Å². The molecule has 1 amide bonds. The Hall–Kier alpha value is -0.570. The second kappa shape index (κ2) is 4.30. The van der Waals surface area contributed by atoms with Crippen LogP contribution in [0.5, 0.6) is 0 Å². The molecule has 3 heteroatoms. The van der Waals surface area contributed by atoms with Gasteiger partial charge >= 0.3 is 0 Å². The minimum atomic E-state index is 0.106. The number of nitrogens with zero attached hydrogens (tertiary/aromatic N) is 1. The largest absolute Gasteiger partial charge is 0.341 e. The standard InChI is InChI=1S/C11H22N2O/c1-11(2,3)7-10(14)13-6-5-9(8-13)12-4/h9,12H,5-8H2,1-4H3/t9-/m1/s1. The molecule has 0 saturated carbocycles. The SMILES string of the molecule is CN[C@@H]1CCN(C(=O)CC(C)(C)C)C1. The Labute approximate surface area is 86.9 Å². The van der Waals surface area contributed by atoms with Crippen LogP contribution in [0.1, 0.15) is 33.6 Å². The predicted molar refractivity (Wildman–Crippen MR) is 58.1 cm³/mol. The van der Waals surface area contributed by atoms with Crippen LogP contribution >= 0.6 is 0 Å². The highest BCUT2D eigenvalue weighted by Crippen LogP contribution is 2.21. The van der Waals surface area contributed by atoms with Crippen molar-refractivity contribution in [2.75, 3.05) is 20.1 Å². The van der Waals surface area contributed by atoms with Crippen molar-refractivity contribution in [1.29, 1.82) is 0 Å². The fraction of sp³-hybridized carbons (Fsp3) is 0.909. The van der Waals surface area contributed by atoms with E-state index in [4.69, 9.17) is 0 Å². The van der Waals surface area contributed by atoms with Gasteiger partial charge in [0.1, 0.15) is 0 Å². The lowest BCUT2D eigenvalue weighted by Gasteiger charge is -2.22. The zero-order valence-corrected chi connectivity index (χ0v) is 9.76. The average molecular weight is 198 g/mol. The molecule has 82 valence electrons. The Morgan fingerprint density at radius 2 is 2.14 bits per heavy atom. The third-order valence-corrected chi connectivity index (χ3v) is 2.63. The Bertz CT molecular complexity index is 208. The first-order valence-corrected chi connectivity index (χ1v) is 5.37. The maximum atomic E-state index is 11.8. The van der Waals surface area contributed by atoms with Crippen LogP contribution in [0.25, 0.3) is 0 Å². The fourth-order valence-electron chi connectivity index (χ4n) is 1.79. The molecule has 0 aromatic rings. The highest BCUT2D eigenvalue weighted by molar-refractivity contribution is 5.77. The lowest BCUT2D eigenvalue weighted by molar-refractivity contribution is -0.132. The second-order valence-corrected chi connectivity index (χ2v) is 5.35. The molecule has 3 nitrogen and oxygen atoms in total. The normalized spacial score (nSPS) is 22.9. The van der Waals surface area contributed by atoms with Gasteiger partial charge in [-0.3, -0.25) is 4.79 Å². The Kier molecular flexibility index (Phi) is 3.53. The van der Waals surface area contributed by atoms with Gasteiger partial charge in [-0.25, -0.2) is 0 Å². The molecule has 1 aliphatic heterocycles. The third-order valence-electron chi connectivity index (χ3n) is 2.63. The van der Waals surface area contributed by atoms with Gasteiger partial charge < -0.3 is 10.2 Å². The van der Waals surface area contributed by atoms with Gasteiger partial charge in [0.05, 0.1) is 0 Å². The second-order valence-electron chi connectivity index (χ2n) is 5.35. The van der Waals surface area contributed by atoms with Gasteiger partial charge in [-0.05, 0) is 18.9 Å². The molecule has 0 aromatic heterocycles. The average Bonchev–Trinajstić information content (AvgIpc) is 2.48. The summed E-state index contributed by atoms with van der Waals surface area (Å²) in [5.74, 6) is 0.301.